The second kappa shape index (κ2) is 6.47. The molecule has 0 atom stereocenters. The third-order valence-electron chi connectivity index (χ3n) is 6.03. The lowest BCUT2D eigenvalue weighted by Crippen LogP contribution is -2.45. The van der Waals surface area contributed by atoms with Crippen LogP contribution in [0.4, 0.5) is 0 Å². The van der Waals surface area contributed by atoms with E-state index in [0.717, 1.165) is 48.4 Å². The minimum absolute atomic E-state index is 0.0168. The number of fused-ring (bicyclic) bond motifs is 1. The van der Waals surface area contributed by atoms with Crippen molar-refractivity contribution in [2.45, 2.75) is 43.7 Å². The zero-order valence-corrected chi connectivity index (χ0v) is 15.0. The third kappa shape index (κ3) is 2.86. The Bertz CT molecular complexity index is 796. The molecular formula is C21H23ClN2O. The molecule has 1 aliphatic heterocycles. The highest BCUT2D eigenvalue weighted by Gasteiger charge is 2.40. The van der Waals surface area contributed by atoms with Crippen molar-refractivity contribution in [1.29, 1.82) is 0 Å². The Hall–Kier alpha value is -1.84. The molecule has 1 saturated carbocycles. The highest BCUT2D eigenvalue weighted by molar-refractivity contribution is 6.30. The zero-order valence-electron chi connectivity index (χ0n) is 14.2. The Balaban J connectivity index is 1.51. The van der Waals surface area contributed by atoms with Gasteiger partial charge in [0, 0.05) is 35.1 Å². The van der Waals surface area contributed by atoms with Crippen LogP contribution in [0.1, 0.15) is 47.2 Å². The molecular weight excluding hydrogens is 332 g/mol. The van der Waals surface area contributed by atoms with Gasteiger partial charge in [-0.2, -0.15) is 0 Å². The Morgan fingerprint density at radius 1 is 1.12 bits per heavy atom. The summed E-state index contributed by atoms with van der Waals surface area (Å²) in [7, 11) is 0. The summed E-state index contributed by atoms with van der Waals surface area (Å²) < 4.78 is 0. The molecule has 130 valence electrons. The summed E-state index contributed by atoms with van der Waals surface area (Å²) >= 11 is 6.19. The Kier molecular flexibility index (Phi) is 4.30. The van der Waals surface area contributed by atoms with E-state index >= 15 is 0 Å². The molecule has 0 aromatic heterocycles. The van der Waals surface area contributed by atoms with Gasteiger partial charge < -0.3 is 10.6 Å². The first-order valence-corrected chi connectivity index (χ1v) is 9.36. The van der Waals surface area contributed by atoms with Crippen molar-refractivity contribution < 1.29 is 4.79 Å². The summed E-state index contributed by atoms with van der Waals surface area (Å²) in [6.45, 7) is 1.36. The number of hydrogen-bond donors (Lipinski definition) is 1. The molecule has 0 bridgehead atoms. The predicted molar refractivity (Wildman–Crippen MR) is 101 cm³/mol. The van der Waals surface area contributed by atoms with Gasteiger partial charge in [0.25, 0.3) is 5.91 Å². The number of nitrogens with two attached hydrogens (primary N) is 1. The molecule has 1 aliphatic carbocycles. The van der Waals surface area contributed by atoms with Crippen molar-refractivity contribution in [1.82, 2.24) is 4.90 Å². The van der Waals surface area contributed by atoms with E-state index < -0.39 is 0 Å². The number of rotatable bonds is 3. The van der Waals surface area contributed by atoms with Gasteiger partial charge in [0.2, 0.25) is 0 Å². The van der Waals surface area contributed by atoms with Crippen LogP contribution in [-0.4, -0.2) is 23.4 Å². The molecule has 2 aromatic carbocycles. The van der Waals surface area contributed by atoms with Crippen LogP contribution < -0.4 is 5.73 Å². The van der Waals surface area contributed by atoms with Gasteiger partial charge in [0.05, 0.1) is 0 Å². The van der Waals surface area contributed by atoms with Crippen molar-refractivity contribution in [3.63, 3.8) is 0 Å². The van der Waals surface area contributed by atoms with Crippen LogP contribution >= 0.6 is 11.6 Å². The summed E-state index contributed by atoms with van der Waals surface area (Å²) in [4.78, 5) is 14.8. The summed E-state index contributed by atoms with van der Waals surface area (Å²) in [5, 5.41) is 0.762. The molecule has 4 rings (SSSR count). The number of carbonyl (C=O) groups excluding carboxylic acids is 1. The molecule has 0 unspecified atom stereocenters. The summed E-state index contributed by atoms with van der Waals surface area (Å²) in [6, 6.07) is 16.3. The smallest absolute Gasteiger partial charge is 0.254 e. The van der Waals surface area contributed by atoms with E-state index in [9.17, 15) is 4.79 Å². The maximum absolute atomic E-state index is 12.7. The fourth-order valence-electron chi connectivity index (χ4n) is 4.47. The average Bonchev–Trinajstić information content (AvgIpc) is 2.99. The fourth-order valence-corrected chi connectivity index (χ4v) is 4.66. The molecule has 0 saturated heterocycles. The zero-order chi connectivity index (χ0) is 17.4. The monoisotopic (exact) mass is 354 g/mol. The summed E-state index contributed by atoms with van der Waals surface area (Å²) in [6.07, 6.45) is 3.97. The fraction of sp³-hybridized carbons (Fsp3) is 0.381. The minimum Gasteiger partial charge on any atom is -0.331 e. The summed E-state index contributed by atoms with van der Waals surface area (Å²) in [5.74, 6) is 0.184. The van der Waals surface area contributed by atoms with Crippen LogP contribution in [0.2, 0.25) is 5.02 Å². The average molecular weight is 355 g/mol. The first-order chi connectivity index (χ1) is 12.1. The van der Waals surface area contributed by atoms with Crippen LogP contribution in [0.25, 0.3) is 0 Å². The lowest BCUT2D eigenvalue weighted by Gasteiger charge is -2.42. The number of halogens is 1. The molecule has 1 fully saturated rings. The molecule has 2 aromatic rings. The largest absolute Gasteiger partial charge is 0.331 e. The van der Waals surface area contributed by atoms with Gasteiger partial charge in [-0.15, -0.1) is 0 Å². The van der Waals surface area contributed by atoms with Gasteiger partial charge in [-0.05, 0) is 55.0 Å². The lowest BCUT2D eigenvalue weighted by atomic mass is 9.68. The van der Waals surface area contributed by atoms with Crippen LogP contribution in [0, 0.1) is 0 Å². The van der Waals surface area contributed by atoms with Crippen molar-refractivity contribution >= 4 is 17.5 Å². The number of amides is 1. The minimum atomic E-state index is -0.0168. The SMILES string of the molecule is NC[C@]1(c2cccc(Cl)c2)CC[C@H](N2Cc3ccccc3C2=O)CC1. The van der Waals surface area contributed by atoms with Gasteiger partial charge >= 0.3 is 0 Å². The van der Waals surface area contributed by atoms with E-state index in [-0.39, 0.29) is 11.3 Å². The van der Waals surface area contributed by atoms with E-state index in [1.807, 2.05) is 36.4 Å². The van der Waals surface area contributed by atoms with Gasteiger partial charge in [0.1, 0.15) is 0 Å². The second-order valence-electron chi connectivity index (χ2n) is 7.32. The van der Waals surface area contributed by atoms with E-state index in [0.29, 0.717) is 12.6 Å². The maximum Gasteiger partial charge on any atom is 0.254 e. The highest BCUT2D eigenvalue weighted by Crippen LogP contribution is 2.42. The van der Waals surface area contributed by atoms with Gasteiger partial charge in [-0.25, -0.2) is 0 Å². The van der Waals surface area contributed by atoms with E-state index in [2.05, 4.69) is 17.0 Å². The topological polar surface area (TPSA) is 46.3 Å². The first-order valence-electron chi connectivity index (χ1n) is 8.98. The molecule has 2 aliphatic rings. The van der Waals surface area contributed by atoms with Gasteiger partial charge in [-0.1, -0.05) is 41.9 Å². The highest BCUT2D eigenvalue weighted by atomic mass is 35.5. The number of carbonyl (C=O) groups is 1. The molecule has 2 N–H and O–H groups in total. The van der Waals surface area contributed by atoms with Crippen LogP contribution in [0.15, 0.2) is 48.5 Å². The standard InChI is InChI=1S/C21H23ClN2O/c22-17-6-3-5-16(12-17)21(14-23)10-8-18(9-11-21)24-13-15-4-1-2-7-19(15)20(24)25/h1-7,12,18H,8-11,13-14,23H2/t18-,21-. The van der Waals surface area contributed by atoms with Crippen molar-refractivity contribution in [2.24, 2.45) is 5.73 Å². The Morgan fingerprint density at radius 3 is 2.56 bits per heavy atom. The first kappa shape index (κ1) is 16.6. The molecule has 1 amide bonds. The Morgan fingerprint density at radius 2 is 1.88 bits per heavy atom. The molecule has 1 heterocycles. The van der Waals surface area contributed by atoms with Crippen LogP contribution in [-0.2, 0) is 12.0 Å². The van der Waals surface area contributed by atoms with E-state index in [4.69, 9.17) is 17.3 Å². The molecule has 3 nitrogen and oxygen atoms in total. The molecule has 0 spiro atoms. The molecule has 25 heavy (non-hydrogen) atoms. The number of benzene rings is 2. The third-order valence-corrected chi connectivity index (χ3v) is 6.27. The normalized spacial score (nSPS) is 25.9. The second-order valence-corrected chi connectivity index (χ2v) is 7.75. The number of nitrogens with zero attached hydrogens (tertiary/aromatic N) is 1. The summed E-state index contributed by atoms with van der Waals surface area (Å²) in [5.41, 5.74) is 9.43. The predicted octanol–water partition coefficient (Wildman–Crippen LogP) is 4.14. The van der Waals surface area contributed by atoms with E-state index in [1.54, 1.807) is 0 Å². The Labute approximate surface area is 153 Å². The van der Waals surface area contributed by atoms with Crippen molar-refractivity contribution in [3.8, 4) is 0 Å². The lowest BCUT2D eigenvalue weighted by molar-refractivity contribution is 0.0620. The van der Waals surface area contributed by atoms with Crippen molar-refractivity contribution in [2.75, 3.05) is 6.54 Å². The van der Waals surface area contributed by atoms with Gasteiger partial charge in [-0.3, -0.25) is 4.79 Å². The van der Waals surface area contributed by atoms with Gasteiger partial charge in [0.15, 0.2) is 0 Å². The van der Waals surface area contributed by atoms with E-state index in [1.165, 1.54) is 5.56 Å². The molecule has 0 radical (unpaired) electrons. The molecule has 4 heteroatoms. The maximum atomic E-state index is 12.7. The van der Waals surface area contributed by atoms with Crippen LogP contribution in [0.3, 0.4) is 0 Å². The number of hydrogen-bond acceptors (Lipinski definition) is 2. The quantitative estimate of drug-likeness (QED) is 0.900. The van der Waals surface area contributed by atoms with Crippen LogP contribution in [0.5, 0.6) is 0 Å². The van der Waals surface area contributed by atoms with Crippen molar-refractivity contribution in [3.05, 3.63) is 70.2 Å².